The van der Waals surface area contributed by atoms with E-state index < -0.39 is 0 Å². The van der Waals surface area contributed by atoms with Crippen molar-refractivity contribution in [3.8, 4) is 0 Å². The minimum atomic E-state index is -0.338. The largest absolute Gasteiger partial charge is 0.353 e. The Morgan fingerprint density at radius 2 is 2.46 bits per heavy atom. The molecule has 1 fully saturated rings. The lowest BCUT2D eigenvalue weighted by molar-refractivity contribution is -0.141. The van der Waals surface area contributed by atoms with Crippen molar-refractivity contribution in [2.24, 2.45) is 0 Å². The zero-order chi connectivity index (χ0) is 9.84. The van der Waals surface area contributed by atoms with Gasteiger partial charge in [0.2, 0.25) is 11.8 Å². The molecule has 0 aromatic carbocycles. The first-order valence-corrected chi connectivity index (χ1v) is 4.38. The summed E-state index contributed by atoms with van der Waals surface area (Å²) in [5, 5.41) is 5.48. The first-order valence-electron chi connectivity index (χ1n) is 4.38. The minimum Gasteiger partial charge on any atom is -0.353 e. The fourth-order valence-electron chi connectivity index (χ4n) is 1.38. The molecule has 1 rings (SSSR count). The second kappa shape index (κ2) is 4.23. The van der Waals surface area contributed by atoms with Crippen LogP contribution in [0.1, 0.15) is 6.92 Å². The van der Waals surface area contributed by atoms with Crippen LogP contribution in [0, 0.1) is 0 Å². The fourth-order valence-corrected chi connectivity index (χ4v) is 1.38. The molecule has 0 aliphatic carbocycles. The molecule has 1 aliphatic heterocycles. The van der Waals surface area contributed by atoms with Crippen LogP contribution in [0.2, 0.25) is 0 Å². The third-order valence-corrected chi connectivity index (χ3v) is 2.15. The molecule has 2 N–H and O–H groups in total. The van der Waals surface area contributed by atoms with Crippen LogP contribution in [0.25, 0.3) is 0 Å². The fraction of sp³-hybridized carbons (Fsp3) is 0.750. The van der Waals surface area contributed by atoms with E-state index in [9.17, 15) is 9.59 Å². The van der Waals surface area contributed by atoms with Crippen LogP contribution in [0.3, 0.4) is 0 Å². The van der Waals surface area contributed by atoms with Crippen LogP contribution in [0.5, 0.6) is 0 Å². The maximum Gasteiger partial charge on any atom is 0.242 e. The second-order valence-corrected chi connectivity index (χ2v) is 3.08. The van der Waals surface area contributed by atoms with E-state index in [0.29, 0.717) is 13.1 Å². The average molecular weight is 185 g/mol. The summed E-state index contributed by atoms with van der Waals surface area (Å²) in [6, 6.07) is -0.338. The van der Waals surface area contributed by atoms with Crippen LogP contribution < -0.4 is 10.6 Å². The maximum absolute atomic E-state index is 11.4. The molecule has 5 nitrogen and oxygen atoms in total. The summed E-state index contributed by atoms with van der Waals surface area (Å²) in [7, 11) is 1.71. The summed E-state index contributed by atoms with van der Waals surface area (Å²) in [4.78, 5) is 24.2. The van der Waals surface area contributed by atoms with Gasteiger partial charge in [0.15, 0.2) is 0 Å². The van der Waals surface area contributed by atoms with Crippen LogP contribution in [0.4, 0.5) is 0 Å². The predicted octanol–water partition coefficient (Wildman–Crippen LogP) is -1.45. The third kappa shape index (κ3) is 2.18. The lowest BCUT2D eigenvalue weighted by Crippen LogP contribution is -2.57. The normalized spacial score (nSPS) is 22.8. The second-order valence-electron chi connectivity index (χ2n) is 3.08. The molecule has 1 heterocycles. The van der Waals surface area contributed by atoms with Gasteiger partial charge in [-0.15, -0.1) is 0 Å². The minimum absolute atomic E-state index is 0.0233. The van der Waals surface area contributed by atoms with E-state index in [4.69, 9.17) is 0 Å². The molecule has 0 aromatic heterocycles. The molecule has 1 saturated heterocycles. The van der Waals surface area contributed by atoms with Crippen LogP contribution >= 0.6 is 0 Å². The number of nitrogens with zero attached hydrogens (tertiary/aromatic N) is 1. The van der Waals surface area contributed by atoms with Gasteiger partial charge in [-0.2, -0.15) is 0 Å². The van der Waals surface area contributed by atoms with Gasteiger partial charge in [-0.3, -0.25) is 9.59 Å². The molecule has 0 saturated carbocycles. The summed E-state index contributed by atoms with van der Waals surface area (Å²) in [5.74, 6) is -0.0967. The lowest BCUT2D eigenvalue weighted by Gasteiger charge is -2.32. The van der Waals surface area contributed by atoms with Gasteiger partial charge in [0, 0.05) is 13.1 Å². The Bertz CT molecular complexity index is 217. The summed E-state index contributed by atoms with van der Waals surface area (Å²) in [6.45, 7) is 3.19. The van der Waals surface area contributed by atoms with Crippen molar-refractivity contribution < 1.29 is 9.59 Å². The molecule has 0 bridgehead atoms. The number of hydrogen-bond donors (Lipinski definition) is 2. The zero-order valence-electron chi connectivity index (χ0n) is 7.96. The summed E-state index contributed by atoms with van der Waals surface area (Å²) in [5.41, 5.74) is 0. The summed E-state index contributed by atoms with van der Waals surface area (Å²) >= 11 is 0. The van der Waals surface area contributed by atoms with E-state index in [2.05, 4.69) is 10.6 Å². The first-order chi connectivity index (χ1) is 6.16. The van der Waals surface area contributed by atoms with Gasteiger partial charge in [0.1, 0.15) is 6.04 Å². The van der Waals surface area contributed by atoms with Crippen molar-refractivity contribution in [3.63, 3.8) is 0 Å². The van der Waals surface area contributed by atoms with E-state index in [1.54, 1.807) is 18.9 Å². The molecular weight excluding hydrogens is 170 g/mol. The quantitative estimate of drug-likeness (QED) is 0.553. The molecular formula is C8H15N3O2. The van der Waals surface area contributed by atoms with E-state index in [1.165, 1.54) is 0 Å². The highest BCUT2D eigenvalue weighted by Crippen LogP contribution is 2.03. The molecule has 5 heteroatoms. The Kier molecular flexibility index (Phi) is 3.25. The van der Waals surface area contributed by atoms with E-state index >= 15 is 0 Å². The summed E-state index contributed by atoms with van der Waals surface area (Å²) < 4.78 is 0. The lowest BCUT2D eigenvalue weighted by atomic mass is 10.2. The molecule has 0 radical (unpaired) electrons. The highest BCUT2D eigenvalue weighted by molar-refractivity contribution is 5.89. The van der Waals surface area contributed by atoms with Gasteiger partial charge in [0.05, 0.1) is 6.54 Å². The van der Waals surface area contributed by atoms with E-state index in [-0.39, 0.29) is 24.4 Å². The monoisotopic (exact) mass is 185 g/mol. The molecule has 2 amide bonds. The Labute approximate surface area is 77.5 Å². The standard InChI is InChI=1S/C8H15N3O2/c1-6-8(13)10-3-4-11(6)7(12)5-9-2/h6,9H,3-5H2,1-2H3,(H,10,13). The van der Waals surface area contributed by atoms with Gasteiger partial charge in [0.25, 0.3) is 0 Å². The molecule has 1 aliphatic rings. The average Bonchev–Trinajstić information content (AvgIpc) is 2.10. The van der Waals surface area contributed by atoms with Gasteiger partial charge < -0.3 is 15.5 Å². The predicted molar refractivity (Wildman–Crippen MR) is 48.1 cm³/mol. The van der Waals surface area contributed by atoms with Crippen molar-refractivity contribution in [2.75, 3.05) is 26.7 Å². The molecule has 13 heavy (non-hydrogen) atoms. The van der Waals surface area contributed by atoms with Gasteiger partial charge in [-0.25, -0.2) is 0 Å². The van der Waals surface area contributed by atoms with Gasteiger partial charge >= 0.3 is 0 Å². The van der Waals surface area contributed by atoms with E-state index in [0.717, 1.165) is 0 Å². The Hall–Kier alpha value is -1.10. The van der Waals surface area contributed by atoms with Gasteiger partial charge in [-0.05, 0) is 14.0 Å². The number of carbonyl (C=O) groups is 2. The van der Waals surface area contributed by atoms with E-state index in [1.807, 2.05) is 0 Å². The molecule has 0 aromatic rings. The number of nitrogens with one attached hydrogen (secondary N) is 2. The highest BCUT2D eigenvalue weighted by atomic mass is 16.2. The number of piperazine rings is 1. The van der Waals surface area contributed by atoms with Crippen molar-refractivity contribution in [1.29, 1.82) is 0 Å². The Morgan fingerprint density at radius 3 is 3.08 bits per heavy atom. The number of rotatable bonds is 2. The Balaban J connectivity index is 2.57. The third-order valence-electron chi connectivity index (χ3n) is 2.15. The van der Waals surface area contributed by atoms with Crippen molar-refractivity contribution in [2.45, 2.75) is 13.0 Å². The van der Waals surface area contributed by atoms with Crippen LogP contribution in [-0.2, 0) is 9.59 Å². The van der Waals surface area contributed by atoms with Crippen LogP contribution in [-0.4, -0.2) is 49.4 Å². The molecule has 1 atom stereocenters. The topological polar surface area (TPSA) is 61.4 Å². The van der Waals surface area contributed by atoms with Crippen molar-refractivity contribution in [1.82, 2.24) is 15.5 Å². The SMILES string of the molecule is CNCC(=O)N1CCNC(=O)C1C. The van der Waals surface area contributed by atoms with Crippen LogP contribution in [0.15, 0.2) is 0 Å². The number of hydrogen-bond acceptors (Lipinski definition) is 3. The van der Waals surface area contributed by atoms with Crippen molar-refractivity contribution >= 4 is 11.8 Å². The van der Waals surface area contributed by atoms with Crippen molar-refractivity contribution in [3.05, 3.63) is 0 Å². The Morgan fingerprint density at radius 1 is 1.77 bits per heavy atom. The van der Waals surface area contributed by atoms with Gasteiger partial charge in [-0.1, -0.05) is 0 Å². The zero-order valence-corrected chi connectivity index (χ0v) is 7.96. The summed E-state index contributed by atoms with van der Waals surface area (Å²) in [6.07, 6.45) is 0. The molecule has 1 unspecified atom stereocenters. The number of carbonyl (C=O) groups excluding carboxylic acids is 2. The smallest absolute Gasteiger partial charge is 0.242 e. The first kappa shape index (κ1) is 9.98. The number of likely N-dealkylation sites (N-methyl/N-ethyl adjacent to an activating group) is 1. The highest BCUT2D eigenvalue weighted by Gasteiger charge is 2.28. The molecule has 74 valence electrons. The molecule has 0 spiro atoms. The maximum atomic E-state index is 11.4. The number of amides is 2.